The predicted octanol–water partition coefficient (Wildman–Crippen LogP) is 4.33. The van der Waals surface area contributed by atoms with Crippen molar-refractivity contribution in [3.8, 4) is 6.07 Å². The van der Waals surface area contributed by atoms with E-state index >= 15 is 0 Å². The Balaban J connectivity index is 1.27. The van der Waals surface area contributed by atoms with Crippen LogP contribution in [0, 0.1) is 18.3 Å². The number of piperidine rings is 1. The van der Waals surface area contributed by atoms with E-state index in [1.807, 2.05) is 23.1 Å². The van der Waals surface area contributed by atoms with E-state index in [1.54, 1.807) is 31.2 Å². The number of benzene rings is 2. The molecule has 2 aromatic carbocycles. The highest BCUT2D eigenvalue weighted by Crippen LogP contribution is 2.38. The molecule has 228 valence electrons. The van der Waals surface area contributed by atoms with Gasteiger partial charge in [-0.1, -0.05) is 12.1 Å². The van der Waals surface area contributed by atoms with E-state index in [-0.39, 0.29) is 16.8 Å². The smallest absolute Gasteiger partial charge is 0.382 e. The summed E-state index contributed by atoms with van der Waals surface area (Å²) in [5.41, 5.74) is 2.65. The molecule has 0 spiro atoms. The molecule has 1 aromatic heterocycles. The molecule has 0 radical (unpaired) electrons. The van der Waals surface area contributed by atoms with E-state index in [1.165, 1.54) is 12.3 Å². The Hall–Kier alpha value is -3.86. The number of primary sulfonamides is 1. The Labute approximate surface area is 249 Å². The number of anilines is 3. The first-order valence-corrected chi connectivity index (χ1v) is 15.6. The van der Waals surface area contributed by atoms with Crippen molar-refractivity contribution < 1.29 is 21.6 Å². The number of aryl methyl sites for hydroxylation is 1. The van der Waals surface area contributed by atoms with Gasteiger partial charge in [-0.25, -0.2) is 18.5 Å². The summed E-state index contributed by atoms with van der Waals surface area (Å²) >= 11 is 0. The van der Waals surface area contributed by atoms with Crippen molar-refractivity contribution in [1.29, 1.82) is 5.26 Å². The normalized spacial score (nSPS) is 17.1. The zero-order valence-corrected chi connectivity index (χ0v) is 24.6. The zero-order chi connectivity index (χ0) is 30.8. The number of piperazine rings is 1. The molecule has 2 aliphatic rings. The minimum Gasteiger partial charge on any atom is -0.382 e. The predicted molar refractivity (Wildman–Crippen MR) is 159 cm³/mol. The number of hydrogen-bond donors (Lipinski definition) is 2. The van der Waals surface area contributed by atoms with Crippen molar-refractivity contribution in [2.75, 3.05) is 54.4 Å². The summed E-state index contributed by atoms with van der Waals surface area (Å²) in [4.78, 5) is 10.1. The maximum absolute atomic E-state index is 14.1. The van der Waals surface area contributed by atoms with Gasteiger partial charge in [-0.15, -0.1) is 0 Å². The Morgan fingerprint density at radius 1 is 1.00 bits per heavy atom. The monoisotopic (exact) mass is 613 g/mol. The van der Waals surface area contributed by atoms with E-state index in [2.05, 4.69) is 26.2 Å². The molecule has 0 atom stereocenters. The van der Waals surface area contributed by atoms with E-state index < -0.39 is 21.8 Å². The van der Waals surface area contributed by atoms with Crippen LogP contribution in [0.1, 0.15) is 35.1 Å². The number of nitriles is 1. The van der Waals surface area contributed by atoms with Crippen LogP contribution < -0.4 is 20.3 Å². The Bertz CT molecular complexity index is 1610. The van der Waals surface area contributed by atoms with Gasteiger partial charge in [0, 0.05) is 63.7 Å². The number of nitrogens with zero attached hydrogens (tertiary/aromatic N) is 5. The highest BCUT2D eigenvalue weighted by Gasteiger charge is 2.35. The van der Waals surface area contributed by atoms with Gasteiger partial charge in [-0.2, -0.15) is 18.4 Å². The second-order valence-corrected chi connectivity index (χ2v) is 12.5. The first-order chi connectivity index (χ1) is 20.4. The number of rotatable bonds is 7. The molecule has 43 heavy (non-hydrogen) atoms. The standard InChI is InChI=1S/C30H34F3N7O2S/c1-21-17-25(30(31,32)33)26(37-24-8-11-39(12-9-24)27-6-3-2-5-22(27)19-34)18-23(21)20-38-13-15-40(16-14-38)28-7-4-10-36-29(28)43(35,41)42/h2-7,10,17-18,24,37H,8-9,11-16,20H2,1H3,(H2,35,41,42). The lowest BCUT2D eigenvalue weighted by atomic mass is 9.98. The van der Waals surface area contributed by atoms with Gasteiger partial charge in [0.1, 0.15) is 6.07 Å². The molecule has 2 saturated heterocycles. The Morgan fingerprint density at radius 3 is 2.30 bits per heavy atom. The lowest BCUT2D eigenvalue weighted by molar-refractivity contribution is -0.137. The van der Waals surface area contributed by atoms with Crippen LogP contribution in [0.3, 0.4) is 0 Å². The molecule has 3 heterocycles. The van der Waals surface area contributed by atoms with Crippen LogP contribution in [0.25, 0.3) is 0 Å². The largest absolute Gasteiger partial charge is 0.418 e. The van der Waals surface area contributed by atoms with E-state index in [4.69, 9.17) is 5.14 Å². The second-order valence-electron chi connectivity index (χ2n) is 11.0. The number of pyridine rings is 1. The number of nitrogens with two attached hydrogens (primary N) is 1. The lowest BCUT2D eigenvalue weighted by Gasteiger charge is -2.37. The van der Waals surface area contributed by atoms with Crippen molar-refractivity contribution in [3.05, 3.63) is 77.0 Å². The van der Waals surface area contributed by atoms with Crippen molar-refractivity contribution >= 4 is 27.1 Å². The second kappa shape index (κ2) is 12.4. The van der Waals surface area contributed by atoms with Gasteiger partial charge < -0.3 is 15.1 Å². The first-order valence-electron chi connectivity index (χ1n) is 14.1. The van der Waals surface area contributed by atoms with E-state index in [0.29, 0.717) is 75.5 Å². The summed E-state index contributed by atoms with van der Waals surface area (Å²) in [5, 5.41) is 17.8. The fraction of sp³-hybridized carbons (Fsp3) is 0.400. The minimum absolute atomic E-state index is 0.0794. The third-order valence-corrected chi connectivity index (χ3v) is 8.98. The third-order valence-electron chi connectivity index (χ3n) is 8.13. The van der Waals surface area contributed by atoms with Gasteiger partial charge in [-0.05, 0) is 67.3 Å². The summed E-state index contributed by atoms with van der Waals surface area (Å²) < 4.78 is 66.3. The average Bonchev–Trinajstić information content (AvgIpc) is 2.98. The molecule has 9 nitrogen and oxygen atoms in total. The maximum atomic E-state index is 14.1. The molecule has 2 fully saturated rings. The molecule has 3 N–H and O–H groups in total. The summed E-state index contributed by atoms with van der Waals surface area (Å²) in [6, 6.07) is 15.6. The highest BCUT2D eigenvalue weighted by atomic mass is 32.2. The molecule has 0 bridgehead atoms. The number of sulfonamides is 1. The van der Waals surface area contributed by atoms with Crippen LogP contribution >= 0.6 is 0 Å². The van der Waals surface area contributed by atoms with Gasteiger partial charge in [-0.3, -0.25) is 4.90 Å². The number of aromatic nitrogens is 1. The maximum Gasteiger partial charge on any atom is 0.418 e. The fourth-order valence-electron chi connectivity index (χ4n) is 5.84. The molecular weight excluding hydrogens is 579 g/mol. The zero-order valence-electron chi connectivity index (χ0n) is 23.8. The van der Waals surface area contributed by atoms with Crippen molar-refractivity contribution in [3.63, 3.8) is 0 Å². The summed E-state index contributed by atoms with van der Waals surface area (Å²) in [6.45, 7) is 5.64. The quantitative estimate of drug-likeness (QED) is 0.404. The number of nitrogens with one attached hydrogen (secondary N) is 1. The lowest BCUT2D eigenvalue weighted by Crippen LogP contribution is -2.46. The van der Waals surface area contributed by atoms with Crippen LogP contribution in [0.4, 0.5) is 30.2 Å². The number of hydrogen-bond acceptors (Lipinski definition) is 8. The summed E-state index contributed by atoms with van der Waals surface area (Å²) in [5.74, 6) is 0. The van der Waals surface area contributed by atoms with Gasteiger partial charge >= 0.3 is 6.18 Å². The van der Waals surface area contributed by atoms with Crippen molar-refractivity contribution in [2.45, 2.75) is 43.6 Å². The molecule has 3 aromatic rings. The molecule has 0 unspecified atom stereocenters. The molecular formula is C30H34F3N7O2S. The third kappa shape index (κ3) is 7.04. The van der Waals surface area contributed by atoms with Crippen LogP contribution in [0.15, 0.2) is 59.8 Å². The van der Waals surface area contributed by atoms with Crippen molar-refractivity contribution in [2.24, 2.45) is 5.14 Å². The van der Waals surface area contributed by atoms with Crippen molar-refractivity contribution in [1.82, 2.24) is 9.88 Å². The summed E-state index contributed by atoms with van der Waals surface area (Å²) in [7, 11) is -3.99. The fourth-order valence-corrected chi connectivity index (χ4v) is 6.53. The van der Waals surface area contributed by atoms with Gasteiger partial charge in [0.15, 0.2) is 5.03 Å². The number of para-hydroxylation sites is 1. The van der Waals surface area contributed by atoms with Gasteiger partial charge in [0.2, 0.25) is 0 Å². The summed E-state index contributed by atoms with van der Waals surface area (Å²) in [6.07, 6.45) is -1.85. The molecule has 5 rings (SSSR count). The Morgan fingerprint density at radius 2 is 1.65 bits per heavy atom. The SMILES string of the molecule is Cc1cc(C(F)(F)F)c(NC2CCN(c3ccccc3C#N)CC2)cc1CN1CCN(c2cccnc2S(N)(=O)=O)CC1. The minimum atomic E-state index is -4.51. The van der Waals surface area contributed by atoms with Crippen LogP contribution in [-0.2, 0) is 22.7 Å². The molecule has 0 aliphatic carbocycles. The van der Waals surface area contributed by atoms with E-state index in [0.717, 1.165) is 11.3 Å². The van der Waals surface area contributed by atoms with Gasteiger partial charge in [0.25, 0.3) is 10.0 Å². The van der Waals surface area contributed by atoms with Crippen LogP contribution in [0.2, 0.25) is 0 Å². The molecule has 0 amide bonds. The average molecular weight is 614 g/mol. The van der Waals surface area contributed by atoms with Crippen LogP contribution in [-0.4, -0.2) is 63.6 Å². The molecule has 0 saturated carbocycles. The first kappa shape index (κ1) is 30.6. The Kier molecular flexibility index (Phi) is 8.82. The molecule has 2 aliphatic heterocycles. The number of halogens is 3. The van der Waals surface area contributed by atoms with Crippen LogP contribution in [0.5, 0.6) is 0 Å². The molecule has 13 heteroatoms. The van der Waals surface area contributed by atoms with E-state index in [9.17, 15) is 26.9 Å². The van der Waals surface area contributed by atoms with Gasteiger partial charge in [0.05, 0.1) is 22.5 Å². The highest BCUT2D eigenvalue weighted by molar-refractivity contribution is 7.89. The topological polar surface area (TPSA) is 119 Å². The number of alkyl halides is 3.